The van der Waals surface area contributed by atoms with E-state index in [1.807, 2.05) is 42.7 Å². The van der Waals surface area contributed by atoms with Crippen LogP contribution in [-0.4, -0.2) is 24.4 Å². The van der Waals surface area contributed by atoms with Crippen molar-refractivity contribution in [3.8, 4) is 0 Å². The molecule has 4 rings (SSSR count). The molecule has 0 spiro atoms. The third kappa shape index (κ3) is 2.67. The first-order valence-corrected chi connectivity index (χ1v) is 9.50. The van der Waals surface area contributed by atoms with Crippen molar-refractivity contribution in [2.75, 3.05) is 5.01 Å². The standard InChI is InChI=1S/C19H21ClN6O2/c1-5-24-17(27)15-16(23(4)19(24)28)21-18-25(22-11(2)12(3)26(15)18)10-13-7-6-8-14(20)9-13/h6-9,12H,5,10H2,1-4H3/t12-/m0/s1. The normalized spacial score (nSPS) is 16.4. The topological polar surface area (TPSA) is 77.4 Å². The molecule has 2 aromatic heterocycles. The molecule has 1 aliphatic rings. The summed E-state index contributed by atoms with van der Waals surface area (Å²) in [7, 11) is 1.63. The summed E-state index contributed by atoms with van der Waals surface area (Å²) in [5.74, 6) is 0.536. The van der Waals surface area contributed by atoms with Gasteiger partial charge < -0.3 is 0 Å². The molecule has 0 fully saturated rings. The van der Waals surface area contributed by atoms with Gasteiger partial charge in [-0.25, -0.2) is 9.80 Å². The monoisotopic (exact) mass is 400 g/mol. The minimum absolute atomic E-state index is 0.147. The van der Waals surface area contributed by atoms with Crippen LogP contribution in [0.1, 0.15) is 32.4 Å². The van der Waals surface area contributed by atoms with E-state index in [1.54, 1.807) is 19.0 Å². The Kier molecular flexibility index (Phi) is 4.38. The summed E-state index contributed by atoms with van der Waals surface area (Å²) in [6, 6.07) is 7.38. The molecule has 0 bridgehead atoms. The van der Waals surface area contributed by atoms with E-state index in [9.17, 15) is 9.59 Å². The summed E-state index contributed by atoms with van der Waals surface area (Å²) < 4.78 is 4.52. The van der Waals surface area contributed by atoms with E-state index in [1.165, 1.54) is 9.13 Å². The highest BCUT2D eigenvalue weighted by Crippen LogP contribution is 2.31. The van der Waals surface area contributed by atoms with Gasteiger partial charge in [-0.05, 0) is 38.5 Å². The number of anilines is 1. The van der Waals surface area contributed by atoms with E-state index in [4.69, 9.17) is 11.6 Å². The van der Waals surface area contributed by atoms with Gasteiger partial charge in [0.25, 0.3) is 5.56 Å². The fraction of sp³-hybridized carbons (Fsp3) is 0.368. The Balaban J connectivity index is 1.97. The van der Waals surface area contributed by atoms with Crippen molar-refractivity contribution in [2.24, 2.45) is 12.1 Å². The molecule has 0 unspecified atom stereocenters. The zero-order valence-corrected chi connectivity index (χ0v) is 16.9. The first kappa shape index (κ1) is 18.5. The van der Waals surface area contributed by atoms with E-state index in [0.29, 0.717) is 35.2 Å². The molecular formula is C19H21ClN6O2. The highest BCUT2D eigenvalue weighted by Gasteiger charge is 2.30. The maximum Gasteiger partial charge on any atom is 0.332 e. The largest absolute Gasteiger partial charge is 0.332 e. The Morgan fingerprint density at radius 1 is 1.25 bits per heavy atom. The lowest BCUT2D eigenvalue weighted by molar-refractivity contribution is 0.618. The predicted octanol–water partition coefficient (Wildman–Crippen LogP) is 2.53. The average molecular weight is 401 g/mol. The summed E-state index contributed by atoms with van der Waals surface area (Å²) in [4.78, 5) is 30.2. The number of rotatable bonds is 3. The van der Waals surface area contributed by atoms with Gasteiger partial charge in [0.2, 0.25) is 5.95 Å². The van der Waals surface area contributed by atoms with Gasteiger partial charge in [0, 0.05) is 18.6 Å². The summed E-state index contributed by atoms with van der Waals surface area (Å²) >= 11 is 6.11. The first-order valence-electron chi connectivity index (χ1n) is 9.12. The van der Waals surface area contributed by atoms with Gasteiger partial charge in [0.1, 0.15) is 0 Å². The molecule has 0 aliphatic carbocycles. The number of hydrogen-bond acceptors (Lipinski definition) is 5. The average Bonchev–Trinajstić information content (AvgIpc) is 3.06. The van der Waals surface area contributed by atoms with Crippen LogP contribution in [-0.2, 0) is 20.1 Å². The van der Waals surface area contributed by atoms with Crippen molar-refractivity contribution in [3.05, 3.63) is 55.7 Å². The van der Waals surface area contributed by atoms with Crippen molar-refractivity contribution in [2.45, 2.75) is 39.9 Å². The molecule has 146 valence electrons. The number of aryl methyl sites for hydroxylation is 1. The van der Waals surface area contributed by atoms with E-state index < -0.39 is 0 Å². The number of halogens is 1. The molecule has 28 heavy (non-hydrogen) atoms. The van der Waals surface area contributed by atoms with Gasteiger partial charge in [-0.1, -0.05) is 23.7 Å². The molecule has 0 radical (unpaired) electrons. The smallest absolute Gasteiger partial charge is 0.294 e. The van der Waals surface area contributed by atoms with Crippen LogP contribution >= 0.6 is 11.6 Å². The Morgan fingerprint density at radius 3 is 2.68 bits per heavy atom. The highest BCUT2D eigenvalue weighted by molar-refractivity contribution is 6.30. The van der Waals surface area contributed by atoms with Crippen LogP contribution in [0.5, 0.6) is 0 Å². The highest BCUT2D eigenvalue weighted by atomic mass is 35.5. The fourth-order valence-corrected chi connectivity index (χ4v) is 3.79. The number of hydrogen-bond donors (Lipinski definition) is 0. The maximum absolute atomic E-state index is 13.0. The van der Waals surface area contributed by atoms with Gasteiger partial charge >= 0.3 is 5.69 Å². The minimum atomic E-state index is -0.373. The van der Waals surface area contributed by atoms with Crippen LogP contribution in [0.2, 0.25) is 5.02 Å². The quantitative estimate of drug-likeness (QED) is 0.676. The molecular weight excluding hydrogens is 380 g/mol. The third-order valence-corrected chi connectivity index (χ3v) is 5.43. The molecule has 0 amide bonds. The molecule has 1 aromatic carbocycles. The number of fused-ring (bicyclic) bond motifs is 3. The lowest BCUT2D eigenvalue weighted by Crippen LogP contribution is -2.40. The molecule has 1 atom stereocenters. The van der Waals surface area contributed by atoms with Crippen LogP contribution in [0, 0.1) is 0 Å². The Labute approximate surface area is 166 Å². The van der Waals surface area contributed by atoms with Gasteiger partial charge in [0.15, 0.2) is 11.2 Å². The number of imidazole rings is 1. The summed E-state index contributed by atoms with van der Waals surface area (Å²) in [5, 5.41) is 7.07. The Bertz CT molecular complexity index is 1240. The molecule has 1 aliphatic heterocycles. The zero-order valence-electron chi connectivity index (χ0n) is 16.2. The second kappa shape index (κ2) is 6.63. The summed E-state index contributed by atoms with van der Waals surface area (Å²) in [6.07, 6.45) is 0. The lowest BCUT2D eigenvalue weighted by Gasteiger charge is -2.29. The number of aromatic nitrogens is 4. The Morgan fingerprint density at radius 2 is 2.00 bits per heavy atom. The van der Waals surface area contributed by atoms with E-state index in [-0.39, 0.29) is 17.3 Å². The van der Waals surface area contributed by atoms with Crippen molar-refractivity contribution in [1.29, 1.82) is 0 Å². The van der Waals surface area contributed by atoms with E-state index in [0.717, 1.165) is 11.3 Å². The number of benzene rings is 1. The summed E-state index contributed by atoms with van der Waals surface area (Å²) in [5.41, 5.74) is 1.90. The van der Waals surface area contributed by atoms with Gasteiger partial charge in [-0.3, -0.25) is 18.5 Å². The molecule has 8 nitrogen and oxygen atoms in total. The third-order valence-electron chi connectivity index (χ3n) is 5.20. The van der Waals surface area contributed by atoms with Crippen LogP contribution in [0.4, 0.5) is 5.95 Å². The van der Waals surface area contributed by atoms with Crippen LogP contribution < -0.4 is 16.3 Å². The molecule has 0 N–H and O–H groups in total. The zero-order chi connectivity index (χ0) is 20.2. The van der Waals surface area contributed by atoms with Crippen molar-refractivity contribution >= 4 is 34.4 Å². The van der Waals surface area contributed by atoms with Crippen molar-refractivity contribution < 1.29 is 0 Å². The maximum atomic E-state index is 13.0. The minimum Gasteiger partial charge on any atom is -0.294 e. The van der Waals surface area contributed by atoms with Crippen LogP contribution in [0.3, 0.4) is 0 Å². The predicted molar refractivity (Wildman–Crippen MR) is 110 cm³/mol. The SMILES string of the molecule is CCn1c(=O)c2c(nc3n2[C@@H](C)C(C)=NN3Cc2cccc(Cl)c2)n(C)c1=O. The van der Waals surface area contributed by atoms with Crippen LogP contribution in [0.15, 0.2) is 39.0 Å². The first-order chi connectivity index (χ1) is 13.3. The van der Waals surface area contributed by atoms with Crippen LogP contribution in [0.25, 0.3) is 11.2 Å². The molecule has 0 saturated carbocycles. The molecule has 9 heteroatoms. The van der Waals surface area contributed by atoms with Gasteiger partial charge in [-0.2, -0.15) is 10.1 Å². The molecule has 3 aromatic rings. The number of nitrogens with zero attached hydrogens (tertiary/aromatic N) is 6. The van der Waals surface area contributed by atoms with Crippen molar-refractivity contribution in [3.63, 3.8) is 0 Å². The molecule has 3 heterocycles. The second-order valence-electron chi connectivity index (χ2n) is 6.95. The van der Waals surface area contributed by atoms with E-state index in [2.05, 4.69) is 10.1 Å². The Hall–Kier alpha value is -2.87. The van der Waals surface area contributed by atoms with Crippen molar-refractivity contribution in [1.82, 2.24) is 18.7 Å². The number of hydrazone groups is 1. The second-order valence-corrected chi connectivity index (χ2v) is 7.39. The van der Waals surface area contributed by atoms with Gasteiger partial charge in [0.05, 0.1) is 18.3 Å². The lowest BCUT2D eigenvalue weighted by atomic mass is 10.2. The molecule has 0 saturated heterocycles. The van der Waals surface area contributed by atoms with E-state index >= 15 is 0 Å². The summed E-state index contributed by atoms with van der Waals surface area (Å²) in [6.45, 7) is 6.43. The van der Waals surface area contributed by atoms with Gasteiger partial charge in [-0.15, -0.1) is 0 Å². The fourth-order valence-electron chi connectivity index (χ4n) is 3.58.